The predicted octanol–water partition coefficient (Wildman–Crippen LogP) is 4.38. The average molecular weight is 276 g/mol. The molecule has 0 aliphatic carbocycles. The number of benzene rings is 2. The Balaban J connectivity index is 2.00. The van der Waals surface area contributed by atoms with Crippen molar-refractivity contribution in [2.24, 2.45) is 0 Å². The van der Waals surface area contributed by atoms with E-state index in [4.69, 9.17) is 0 Å². The first-order chi connectivity index (χ1) is 10.3. The number of pyridine rings is 1. The van der Waals surface area contributed by atoms with E-state index in [2.05, 4.69) is 27.8 Å². The molecule has 3 heteroatoms. The van der Waals surface area contributed by atoms with Gasteiger partial charge in [-0.1, -0.05) is 36.4 Å². The second-order valence-electron chi connectivity index (χ2n) is 5.07. The van der Waals surface area contributed by atoms with Crippen LogP contribution in [0.4, 0.5) is 4.39 Å². The smallest absolute Gasteiger partial charge is 0.141 e. The molecule has 0 saturated carbocycles. The SMILES string of the molecule is Fc1ccccc1Cn1c2ccccc2c2cccnc21. The van der Waals surface area contributed by atoms with E-state index in [-0.39, 0.29) is 5.82 Å². The number of para-hydroxylation sites is 1. The van der Waals surface area contributed by atoms with E-state index >= 15 is 0 Å². The molecule has 21 heavy (non-hydrogen) atoms. The summed E-state index contributed by atoms with van der Waals surface area (Å²) < 4.78 is 16.0. The maximum Gasteiger partial charge on any atom is 0.141 e. The third kappa shape index (κ3) is 1.89. The zero-order valence-corrected chi connectivity index (χ0v) is 11.3. The topological polar surface area (TPSA) is 17.8 Å². The van der Waals surface area contributed by atoms with Gasteiger partial charge in [-0.25, -0.2) is 9.37 Å². The van der Waals surface area contributed by atoms with Crippen molar-refractivity contribution >= 4 is 21.9 Å². The van der Waals surface area contributed by atoms with Crippen molar-refractivity contribution in [3.8, 4) is 0 Å². The molecule has 0 fully saturated rings. The van der Waals surface area contributed by atoms with Crippen LogP contribution < -0.4 is 0 Å². The Kier molecular flexibility index (Phi) is 2.71. The van der Waals surface area contributed by atoms with Crippen molar-refractivity contribution in [2.45, 2.75) is 6.54 Å². The molecule has 0 amide bonds. The van der Waals surface area contributed by atoms with Gasteiger partial charge in [0, 0.05) is 22.5 Å². The van der Waals surface area contributed by atoms with Crippen LogP contribution in [0.1, 0.15) is 5.56 Å². The predicted molar refractivity (Wildman–Crippen MR) is 82.7 cm³/mol. The van der Waals surface area contributed by atoms with Gasteiger partial charge in [-0.05, 0) is 24.3 Å². The van der Waals surface area contributed by atoms with Crippen molar-refractivity contribution in [1.29, 1.82) is 0 Å². The summed E-state index contributed by atoms with van der Waals surface area (Å²) >= 11 is 0. The summed E-state index contributed by atoms with van der Waals surface area (Å²) in [4.78, 5) is 4.48. The molecule has 0 spiro atoms. The van der Waals surface area contributed by atoms with Gasteiger partial charge < -0.3 is 4.57 Å². The fourth-order valence-corrected chi connectivity index (χ4v) is 2.83. The molecule has 102 valence electrons. The molecule has 2 aromatic heterocycles. The second-order valence-corrected chi connectivity index (χ2v) is 5.07. The number of hydrogen-bond acceptors (Lipinski definition) is 1. The molecule has 0 N–H and O–H groups in total. The van der Waals surface area contributed by atoms with Gasteiger partial charge in [0.25, 0.3) is 0 Å². The standard InChI is InChI=1S/C18H13FN2/c19-16-9-3-1-6-13(16)12-21-17-10-4-2-7-14(17)15-8-5-11-20-18(15)21/h1-11H,12H2. The van der Waals surface area contributed by atoms with Crippen LogP contribution in [0.2, 0.25) is 0 Å². The number of hydrogen-bond donors (Lipinski definition) is 0. The Morgan fingerprint density at radius 3 is 2.52 bits per heavy atom. The molecule has 4 rings (SSSR count). The number of aromatic nitrogens is 2. The minimum absolute atomic E-state index is 0.181. The molecule has 4 aromatic rings. The zero-order chi connectivity index (χ0) is 14.2. The largest absolute Gasteiger partial charge is 0.321 e. The van der Waals surface area contributed by atoms with E-state index in [0.717, 1.165) is 21.9 Å². The fraction of sp³-hybridized carbons (Fsp3) is 0.0556. The van der Waals surface area contributed by atoms with E-state index in [1.54, 1.807) is 12.3 Å². The van der Waals surface area contributed by atoms with Crippen LogP contribution in [0, 0.1) is 5.82 Å². The fourth-order valence-electron chi connectivity index (χ4n) is 2.83. The highest BCUT2D eigenvalue weighted by molar-refractivity contribution is 6.06. The van der Waals surface area contributed by atoms with Gasteiger partial charge in [0.2, 0.25) is 0 Å². The summed E-state index contributed by atoms with van der Waals surface area (Å²) in [6.07, 6.45) is 1.78. The minimum atomic E-state index is -0.181. The Hall–Kier alpha value is -2.68. The number of nitrogens with zero attached hydrogens (tertiary/aromatic N) is 2. The normalized spacial score (nSPS) is 11.3. The zero-order valence-electron chi connectivity index (χ0n) is 11.3. The highest BCUT2D eigenvalue weighted by Crippen LogP contribution is 2.28. The third-order valence-corrected chi connectivity index (χ3v) is 3.81. The lowest BCUT2D eigenvalue weighted by Crippen LogP contribution is -2.02. The highest BCUT2D eigenvalue weighted by atomic mass is 19.1. The quantitative estimate of drug-likeness (QED) is 0.531. The van der Waals surface area contributed by atoms with Crippen LogP contribution in [-0.4, -0.2) is 9.55 Å². The average Bonchev–Trinajstić information content (AvgIpc) is 2.85. The summed E-state index contributed by atoms with van der Waals surface area (Å²) in [5.74, 6) is -0.181. The molecule has 2 heterocycles. The maximum absolute atomic E-state index is 13.9. The van der Waals surface area contributed by atoms with Crippen LogP contribution in [0.3, 0.4) is 0 Å². The molecule has 2 nitrogen and oxygen atoms in total. The van der Waals surface area contributed by atoms with Crippen molar-refractivity contribution in [1.82, 2.24) is 9.55 Å². The van der Waals surface area contributed by atoms with Crippen LogP contribution in [0.15, 0.2) is 66.9 Å². The van der Waals surface area contributed by atoms with Gasteiger partial charge >= 0.3 is 0 Å². The lowest BCUT2D eigenvalue weighted by molar-refractivity contribution is 0.603. The Morgan fingerprint density at radius 2 is 1.62 bits per heavy atom. The summed E-state index contributed by atoms with van der Waals surface area (Å²) in [6, 6.07) is 19.0. The first-order valence-electron chi connectivity index (χ1n) is 6.90. The van der Waals surface area contributed by atoms with Gasteiger partial charge in [0.05, 0.1) is 12.1 Å². The molecule has 0 aliphatic heterocycles. The van der Waals surface area contributed by atoms with Crippen molar-refractivity contribution in [3.63, 3.8) is 0 Å². The summed E-state index contributed by atoms with van der Waals surface area (Å²) in [6.45, 7) is 0.480. The Morgan fingerprint density at radius 1 is 0.857 bits per heavy atom. The van der Waals surface area contributed by atoms with Gasteiger partial charge in [-0.15, -0.1) is 0 Å². The molecule has 0 bridgehead atoms. The lowest BCUT2D eigenvalue weighted by atomic mass is 10.2. The Bertz CT molecular complexity index is 887. The number of fused-ring (bicyclic) bond motifs is 3. The summed E-state index contributed by atoms with van der Waals surface area (Å²) in [5, 5.41) is 2.25. The molecular formula is C18H13FN2. The third-order valence-electron chi connectivity index (χ3n) is 3.81. The molecule has 2 aromatic carbocycles. The second kappa shape index (κ2) is 4.70. The van der Waals surface area contributed by atoms with E-state index in [0.29, 0.717) is 12.1 Å². The molecule has 0 atom stereocenters. The van der Waals surface area contributed by atoms with Crippen molar-refractivity contribution in [2.75, 3.05) is 0 Å². The molecule has 0 unspecified atom stereocenters. The van der Waals surface area contributed by atoms with Crippen molar-refractivity contribution < 1.29 is 4.39 Å². The van der Waals surface area contributed by atoms with Crippen LogP contribution in [0.5, 0.6) is 0 Å². The van der Waals surface area contributed by atoms with E-state index in [9.17, 15) is 4.39 Å². The van der Waals surface area contributed by atoms with Gasteiger partial charge in [0.1, 0.15) is 11.5 Å². The lowest BCUT2D eigenvalue weighted by Gasteiger charge is -2.07. The molecule has 0 aliphatic rings. The number of rotatable bonds is 2. The highest BCUT2D eigenvalue weighted by Gasteiger charge is 2.12. The maximum atomic E-state index is 13.9. The first-order valence-corrected chi connectivity index (χ1v) is 6.90. The van der Waals surface area contributed by atoms with E-state index < -0.39 is 0 Å². The van der Waals surface area contributed by atoms with Gasteiger partial charge in [-0.2, -0.15) is 0 Å². The number of halogens is 1. The Labute approximate surface area is 121 Å². The molecular weight excluding hydrogens is 263 g/mol. The monoisotopic (exact) mass is 276 g/mol. The van der Waals surface area contributed by atoms with Crippen LogP contribution >= 0.6 is 0 Å². The molecule has 0 radical (unpaired) electrons. The van der Waals surface area contributed by atoms with E-state index in [1.807, 2.05) is 30.3 Å². The van der Waals surface area contributed by atoms with Crippen LogP contribution in [0.25, 0.3) is 21.9 Å². The molecule has 0 saturated heterocycles. The summed E-state index contributed by atoms with van der Waals surface area (Å²) in [5.41, 5.74) is 2.64. The van der Waals surface area contributed by atoms with Crippen molar-refractivity contribution in [3.05, 3.63) is 78.2 Å². The summed E-state index contributed by atoms with van der Waals surface area (Å²) in [7, 11) is 0. The van der Waals surface area contributed by atoms with Crippen LogP contribution in [-0.2, 0) is 6.54 Å². The minimum Gasteiger partial charge on any atom is -0.321 e. The van der Waals surface area contributed by atoms with Gasteiger partial charge in [0.15, 0.2) is 0 Å². The first kappa shape index (κ1) is 12.1. The van der Waals surface area contributed by atoms with E-state index in [1.165, 1.54) is 6.07 Å². The van der Waals surface area contributed by atoms with Gasteiger partial charge in [-0.3, -0.25) is 0 Å².